The van der Waals surface area contributed by atoms with Gasteiger partial charge in [0, 0.05) is 31.2 Å². The van der Waals surface area contributed by atoms with Crippen molar-refractivity contribution < 1.29 is 22.5 Å². The molecule has 3 N–H and O–H groups in total. The van der Waals surface area contributed by atoms with Crippen LogP contribution in [0.15, 0.2) is 40.9 Å². The van der Waals surface area contributed by atoms with E-state index in [-0.39, 0.29) is 36.6 Å². The molecule has 11 heteroatoms. The molecule has 0 bridgehead atoms. The van der Waals surface area contributed by atoms with E-state index in [0.29, 0.717) is 30.6 Å². The summed E-state index contributed by atoms with van der Waals surface area (Å²) in [6.45, 7) is 2.04. The van der Waals surface area contributed by atoms with Crippen molar-refractivity contribution in [1.82, 2.24) is 19.7 Å². The fourth-order valence-electron chi connectivity index (χ4n) is 4.59. The average molecular weight is 490 g/mol. The number of nitrogens with zero attached hydrogens (tertiary/aromatic N) is 3. The summed E-state index contributed by atoms with van der Waals surface area (Å²) in [6.07, 6.45) is 2.10. The summed E-state index contributed by atoms with van der Waals surface area (Å²) >= 11 is 0. The second-order valence-electron chi connectivity index (χ2n) is 9.02. The van der Waals surface area contributed by atoms with Gasteiger partial charge < -0.3 is 20.5 Å². The van der Waals surface area contributed by atoms with Crippen LogP contribution in [0.1, 0.15) is 53.9 Å². The molecule has 1 aromatic carbocycles. The predicted octanol–water partition coefficient (Wildman–Crippen LogP) is 1.37. The van der Waals surface area contributed by atoms with Gasteiger partial charge in [-0.2, -0.15) is 4.31 Å². The zero-order chi connectivity index (χ0) is 24.3. The van der Waals surface area contributed by atoms with Crippen LogP contribution in [0, 0.1) is 6.92 Å². The molecular formula is C23H31N5O5S. The Bertz CT molecular complexity index is 1110. The Hall–Kier alpha value is -2.76. The van der Waals surface area contributed by atoms with Gasteiger partial charge >= 0.3 is 0 Å². The van der Waals surface area contributed by atoms with E-state index in [1.165, 1.54) is 11.0 Å². The van der Waals surface area contributed by atoms with Crippen LogP contribution in [0.25, 0.3) is 0 Å². The summed E-state index contributed by atoms with van der Waals surface area (Å²) in [5.41, 5.74) is 6.63. The highest BCUT2D eigenvalue weighted by atomic mass is 32.2. The van der Waals surface area contributed by atoms with Gasteiger partial charge in [-0.25, -0.2) is 8.42 Å². The topological polar surface area (TPSA) is 139 Å². The largest absolute Gasteiger partial charge is 0.361 e. The Kier molecular flexibility index (Phi) is 7.34. The van der Waals surface area contributed by atoms with Gasteiger partial charge in [-0.1, -0.05) is 35.5 Å². The first-order valence-corrected chi connectivity index (χ1v) is 13.2. The molecule has 2 fully saturated rings. The van der Waals surface area contributed by atoms with Crippen molar-refractivity contribution in [1.29, 1.82) is 0 Å². The lowest BCUT2D eigenvalue weighted by atomic mass is 9.92. The minimum absolute atomic E-state index is 0.0428. The number of carbonyl (C=O) groups is 2. The van der Waals surface area contributed by atoms with Gasteiger partial charge in [0.15, 0.2) is 11.9 Å². The number of sulfonamides is 1. The van der Waals surface area contributed by atoms with E-state index in [9.17, 15) is 18.0 Å². The molecule has 2 aliphatic rings. The summed E-state index contributed by atoms with van der Waals surface area (Å²) in [6, 6.07) is 10.3. The van der Waals surface area contributed by atoms with Gasteiger partial charge in [-0.15, -0.1) is 0 Å². The van der Waals surface area contributed by atoms with Crippen molar-refractivity contribution in [3.05, 3.63) is 53.4 Å². The van der Waals surface area contributed by atoms with Crippen molar-refractivity contribution >= 4 is 21.8 Å². The maximum atomic E-state index is 13.5. The highest BCUT2D eigenvalue weighted by Gasteiger charge is 2.44. The smallest absolute Gasteiger partial charge is 0.277 e. The number of aryl methyl sites for hydroxylation is 1. The molecule has 0 radical (unpaired) electrons. The molecule has 1 aromatic heterocycles. The van der Waals surface area contributed by atoms with Gasteiger partial charge in [0.1, 0.15) is 5.76 Å². The molecule has 1 saturated carbocycles. The van der Waals surface area contributed by atoms with Crippen molar-refractivity contribution in [2.24, 2.45) is 5.73 Å². The van der Waals surface area contributed by atoms with E-state index in [1.807, 2.05) is 6.07 Å². The Morgan fingerprint density at radius 1 is 1.15 bits per heavy atom. The molecule has 1 aliphatic carbocycles. The van der Waals surface area contributed by atoms with Crippen LogP contribution < -0.4 is 11.1 Å². The second-order valence-corrected chi connectivity index (χ2v) is 10.9. The van der Waals surface area contributed by atoms with Gasteiger partial charge in [-0.05, 0) is 44.6 Å². The molecule has 4 rings (SSSR count). The van der Waals surface area contributed by atoms with E-state index in [0.717, 1.165) is 17.1 Å². The van der Waals surface area contributed by atoms with Crippen molar-refractivity contribution in [2.75, 3.05) is 13.1 Å². The van der Waals surface area contributed by atoms with Crippen LogP contribution in [-0.2, 0) is 20.6 Å². The monoisotopic (exact) mass is 489 g/mol. The van der Waals surface area contributed by atoms with Gasteiger partial charge in [0.2, 0.25) is 10.0 Å². The summed E-state index contributed by atoms with van der Waals surface area (Å²) in [4.78, 5) is 28.1. The fourth-order valence-corrected chi connectivity index (χ4v) is 6.29. The lowest BCUT2D eigenvalue weighted by Gasteiger charge is -2.42. The standard InChI is InChI=1S/C23H31N5O5S/c1-16-14-20(26-33-16)23(30)27-12-5-13-28(34(31,32)15-17-6-3-2-4-7-17)22(27)21(29)25-19-10-8-18(24)9-11-19/h2-4,6-7,14,18-19,22H,5,8-13,15,24H2,1H3,(H,25,29). The fraction of sp³-hybridized carbons (Fsp3) is 0.522. The summed E-state index contributed by atoms with van der Waals surface area (Å²) in [5, 5.41) is 6.76. The first-order chi connectivity index (χ1) is 16.2. The number of aromatic nitrogens is 1. The number of rotatable bonds is 6. The molecule has 1 aliphatic heterocycles. The number of nitrogens with two attached hydrogens (primary N) is 1. The van der Waals surface area contributed by atoms with Crippen LogP contribution >= 0.6 is 0 Å². The van der Waals surface area contributed by atoms with Crippen LogP contribution in [0.2, 0.25) is 0 Å². The maximum absolute atomic E-state index is 13.5. The summed E-state index contributed by atoms with van der Waals surface area (Å²) in [5.74, 6) is -0.859. The number of benzene rings is 1. The molecule has 1 unspecified atom stereocenters. The van der Waals surface area contributed by atoms with Crippen LogP contribution in [-0.4, -0.2) is 65.9 Å². The van der Waals surface area contributed by atoms with E-state index in [2.05, 4.69) is 10.5 Å². The minimum atomic E-state index is -3.91. The number of amides is 2. The van der Waals surface area contributed by atoms with E-state index >= 15 is 0 Å². The molecular weight excluding hydrogens is 458 g/mol. The van der Waals surface area contributed by atoms with E-state index < -0.39 is 28.0 Å². The molecule has 2 amide bonds. The first kappa shape index (κ1) is 24.4. The highest BCUT2D eigenvalue weighted by Crippen LogP contribution is 2.25. The molecule has 0 spiro atoms. The number of nitrogens with one attached hydrogen (secondary N) is 1. The third-order valence-electron chi connectivity index (χ3n) is 6.36. The lowest BCUT2D eigenvalue weighted by Crippen LogP contribution is -2.64. The minimum Gasteiger partial charge on any atom is -0.361 e. The molecule has 2 aromatic rings. The highest BCUT2D eigenvalue weighted by molar-refractivity contribution is 7.88. The first-order valence-electron chi connectivity index (χ1n) is 11.6. The average Bonchev–Trinajstić information content (AvgIpc) is 3.26. The third-order valence-corrected chi connectivity index (χ3v) is 8.15. The Morgan fingerprint density at radius 3 is 2.50 bits per heavy atom. The quantitative estimate of drug-likeness (QED) is 0.625. The summed E-state index contributed by atoms with van der Waals surface area (Å²) in [7, 11) is -3.91. The second kappa shape index (κ2) is 10.2. The number of hydrogen-bond donors (Lipinski definition) is 2. The number of carbonyl (C=O) groups excluding carboxylic acids is 2. The van der Waals surface area contributed by atoms with Gasteiger partial charge in [0.05, 0.1) is 5.75 Å². The van der Waals surface area contributed by atoms with Crippen molar-refractivity contribution in [3.63, 3.8) is 0 Å². The Balaban J connectivity index is 1.62. The maximum Gasteiger partial charge on any atom is 0.277 e. The third kappa shape index (κ3) is 5.48. The molecule has 2 heterocycles. The lowest BCUT2D eigenvalue weighted by molar-refractivity contribution is -0.132. The Labute approximate surface area is 199 Å². The molecule has 34 heavy (non-hydrogen) atoms. The van der Waals surface area contributed by atoms with Crippen LogP contribution in [0.5, 0.6) is 0 Å². The van der Waals surface area contributed by atoms with Crippen LogP contribution in [0.3, 0.4) is 0 Å². The summed E-state index contributed by atoms with van der Waals surface area (Å²) < 4.78 is 33.1. The van der Waals surface area contributed by atoms with Crippen LogP contribution in [0.4, 0.5) is 0 Å². The molecule has 10 nitrogen and oxygen atoms in total. The SMILES string of the molecule is Cc1cc(C(=O)N2CCCN(S(=O)(=O)Cc3ccccc3)C2C(=O)NC2CCC(N)CC2)no1. The zero-order valence-corrected chi connectivity index (χ0v) is 20.0. The number of hydrogen-bond acceptors (Lipinski definition) is 7. The molecule has 184 valence electrons. The zero-order valence-electron chi connectivity index (χ0n) is 19.2. The van der Waals surface area contributed by atoms with Crippen molar-refractivity contribution in [2.45, 2.75) is 63.0 Å². The van der Waals surface area contributed by atoms with Gasteiger partial charge in [-0.3, -0.25) is 9.59 Å². The normalized spacial score (nSPS) is 24.1. The van der Waals surface area contributed by atoms with E-state index in [4.69, 9.17) is 10.3 Å². The molecule has 1 atom stereocenters. The molecule has 1 saturated heterocycles. The Morgan fingerprint density at radius 2 is 1.85 bits per heavy atom. The van der Waals surface area contributed by atoms with Crippen molar-refractivity contribution in [3.8, 4) is 0 Å². The van der Waals surface area contributed by atoms with Gasteiger partial charge in [0.25, 0.3) is 11.8 Å². The van der Waals surface area contributed by atoms with E-state index in [1.54, 1.807) is 31.2 Å². The predicted molar refractivity (Wildman–Crippen MR) is 125 cm³/mol.